The van der Waals surface area contributed by atoms with E-state index in [0.717, 1.165) is 11.1 Å². The third-order valence-electron chi connectivity index (χ3n) is 4.55. The van der Waals surface area contributed by atoms with Crippen molar-refractivity contribution in [3.05, 3.63) is 112 Å². The zero-order valence-electron chi connectivity index (χ0n) is 14.9. The molecule has 0 bridgehead atoms. The molecule has 1 N–H and O–H groups in total. The van der Waals surface area contributed by atoms with E-state index in [1.807, 2.05) is 36.4 Å². The molecule has 28 heavy (non-hydrogen) atoms. The Morgan fingerprint density at radius 2 is 1.71 bits per heavy atom. The molecule has 4 aromatic rings. The average Bonchev–Trinajstić information content (AvgIpc) is 2.73. The molecule has 0 saturated heterocycles. The molecule has 2 aromatic heterocycles. The van der Waals surface area contributed by atoms with Crippen LogP contribution in [0.25, 0.3) is 16.9 Å². The molecule has 0 radical (unpaired) electrons. The number of pyridine rings is 2. The van der Waals surface area contributed by atoms with E-state index in [-0.39, 0.29) is 11.3 Å². The summed E-state index contributed by atoms with van der Waals surface area (Å²) >= 11 is 6.02. The van der Waals surface area contributed by atoms with Crippen molar-refractivity contribution in [2.45, 2.75) is 6.42 Å². The number of hydrogen-bond donors (Lipinski definition) is 1. The Labute approximate surface area is 167 Å². The summed E-state index contributed by atoms with van der Waals surface area (Å²) in [5.74, 6) is -0.0297. The molecule has 0 saturated carbocycles. The second kappa shape index (κ2) is 7.71. The average molecular weight is 389 g/mol. The summed E-state index contributed by atoms with van der Waals surface area (Å²) in [7, 11) is 0. The number of benzene rings is 2. The molecule has 0 aliphatic rings. The molecule has 2 heterocycles. The van der Waals surface area contributed by atoms with Gasteiger partial charge in [-0.25, -0.2) is 0 Å². The summed E-state index contributed by atoms with van der Waals surface area (Å²) in [5, 5.41) is 11.2. The predicted octanol–water partition coefficient (Wildman–Crippen LogP) is 4.85. The highest BCUT2D eigenvalue weighted by Crippen LogP contribution is 2.28. The van der Waals surface area contributed by atoms with Crippen molar-refractivity contribution in [3.8, 4) is 22.7 Å². The van der Waals surface area contributed by atoms with Gasteiger partial charge in [-0.2, -0.15) is 0 Å². The fraction of sp³-hybridized carbons (Fsp3) is 0.0435. The van der Waals surface area contributed by atoms with Crippen LogP contribution in [0.5, 0.6) is 5.75 Å². The topological polar surface area (TPSA) is 55.1 Å². The largest absolute Gasteiger partial charge is 0.507 e. The Morgan fingerprint density at radius 3 is 2.39 bits per heavy atom. The lowest BCUT2D eigenvalue weighted by atomic mass is 10.0. The van der Waals surface area contributed by atoms with Gasteiger partial charge in [0.15, 0.2) is 0 Å². The summed E-state index contributed by atoms with van der Waals surface area (Å²) < 4.78 is 1.59. The Hall–Kier alpha value is -3.37. The van der Waals surface area contributed by atoms with Crippen LogP contribution in [0.2, 0.25) is 5.02 Å². The van der Waals surface area contributed by atoms with Crippen LogP contribution in [0.15, 0.2) is 90.0 Å². The van der Waals surface area contributed by atoms with Crippen molar-refractivity contribution < 1.29 is 5.11 Å². The van der Waals surface area contributed by atoms with Gasteiger partial charge in [0.1, 0.15) is 5.75 Å². The van der Waals surface area contributed by atoms with Crippen molar-refractivity contribution in [3.63, 3.8) is 0 Å². The van der Waals surface area contributed by atoms with Gasteiger partial charge in [-0.1, -0.05) is 41.9 Å². The van der Waals surface area contributed by atoms with Crippen molar-refractivity contribution in [2.75, 3.05) is 0 Å². The molecule has 5 heteroatoms. The monoisotopic (exact) mass is 388 g/mol. The molecular weight excluding hydrogens is 372 g/mol. The van der Waals surface area contributed by atoms with E-state index in [1.54, 1.807) is 53.4 Å². The maximum atomic E-state index is 13.4. The van der Waals surface area contributed by atoms with E-state index in [4.69, 9.17) is 11.6 Å². The maximum Gasteiger partial charge on any atom is 0.262 e. The van der Waals surface area contributed by atoms with E-state index in [9.17, 15) is 9.90 Å². The lowest BCUT2D eigenvalue weighted by molar-refractivity contribution is 0.466. The van der Waals surface area contributed by atoms with Crippen LogP contribution in [-0.4, -0.2) is 14.7 Å². The number of hydrogen-bond acceptors (Lipinski definition) is 3. The molecule has 4 rings (SSSR count). The number of aromatic hydroxyl groups is 1. The first kappa shape index (κ1) is 18.0. The standard InChI is InChI=1S/C23H17ClN2O2/c24-18-8-10-19(11-9-18)26-21(17-7-4-12-25-15-17)14-22(27)20(23(26)28)13-16-5-2-1-3-6-16/h1-12,14-15,27H,13H2. The Balaban J connectivity index is 1.95. The van der Waals surface area contributed by atoms with Crippen LogP contribution in [0.1, 0.15) is 11.1 Å². The zero-order chi connectivity index (χ0) is 19.5. The van der Waals surface area contributed by atoms with Crippen LogP contribution in [0.3, 0.4) is 0 Å². The lowest BCUT2D eigenvalue weighted by Crippen LogP contribution is -2.24. The van der Waals surface area contributed by atoms with Gasteiger partial charge < -0.3 is 5.11 Å². The minimum Gasteiger partial charge on any atom is -0.507 e. The lowest BCUT2D eigenvalue weighted by Gasteiger charge is -2.16. The van der Waals surface area contributed by atoms with E-state index in [2.05, 4.69) is 4.98 Å². The molecule has 4 nitrogen and oxygen atoms in total. The summed E-state index contributed by atoms with van der Waals surface area (Å²) in [6.07, 6.45) is 3.67. The fourth-order valence-corrected chi connectivity index (χ4v) is 3.30. The minimum absolute atomic E-state index is 0.0297. The van der Waals surface area contributed by atoms with Gasteiger partial charge in [0, 0.05) is 41.2 Å². The second-order valence-electron chi connectivity index (χ2n) is 6.41. The quantitative estimate of drug-likeness (QED) is 0.543. The highest BCUT2D eigenvalue weighted by Gasteiger charge is 2.17. The molecule has 0 atom stereocenters. The molecule has 0 fully saturated rings. The first-order valence-electron chi connectivity index (χ1n) is 8.81. The number of nitrogens with zero attached hydrogens (tertiary/aromatic N) is 2. The highest BCUT2D eigenvalue weighted by molar-refractivity contribution is 6.30. The third-order valence-corrected chi connectivity index (χ3v) is 4.80. The molecule has 0 unspecified atom stereocenters. The second-order valence-corrected chi connectivity index (χ2v) is 6.85. The van der Waals surface area contributed by atoms with Gasteiger partial charge in [0.25, 0.3) is 5.56 Å². The molecule has 2 aromatic carbocycles. The number of aromatic nitrogens is 2. The third kappa shape index (κ3) is 3.55. The van der Waals surface area contributed by atoms with Gasteiger partial charge in [-0.05, 0) is 42.0 Å². The van der Waals surface area contributed by atoms with Gasteiger partial charge in [-0.3, -0.25) is 14.3 Å². The van der Waals surface area contributed by atoms with Crippen molar-refractivity contribution in [1.82, 2.24) is 9.55 Å². The van der Waals surface area contributed by atoms with Crippen molar-refractivity contribution >= 4 is 11.6 Å². The maximum absolute atomic E-state index is 13.4. The van der Waals surface area contributed by atoms with Gasteiger partial charge in [-0.15, -0.1) is 0 Å². The van der Waals surface area contributed by atoms with E-state index < -0.39 is 0 Å². The summed E-state index contributed by atoms with van der Waals surface area (Å²) in [4.78, 5) is 17.6. The molecule has 0 aliphatic carbocycles. The smallest absolute Gasteiger partial charge is 0.262 e. The van der Waals surface area contributed by atoms with Crippen LogP contribution in [0, 0.1) is 0 Å². The molecule has 0 aliphatic heterocycles. The summed E-state index contributed by atoms with van der Waals surface area (Å²) in [6.45, 7) is 0. The first-order chi connectivity index (χ1) is 13.6. The Bertz CT molecular complexity index is 1160. The van der Waals surface area contributed by atoms with Crippen LogP contribution in [-0.2, 0) is 6.42 Å². The number of halogens is 1. The normalized spacial score (nSPS) is 10.8. The summed E-state index contributed by atoms with van der Waals surface area (Å²) in [6, 6.07) is 21.9. The minimum atomic E-state index is -0.273. The van der Waals surface area contributed by atoms with Gasteiger partial charge in [0.05, 0.1) is 11.3 Å². The van der Waals surface area contributed by atoms with Gasteiger partial charge in [0.2, 0.25) is 0 Å². The van der Waals surface area contributed by atoms with Gasteiger partial charge >= 0.3 is 0 Å². The van der Waals surface area contributed by atoms with Crippen LogP contribution in [0.4, 0.5) is 0 Å². The van der Waals surface area contributed by atoms with Crippen molar-refractivity contribution in [1.29, 1.82) is 0 Å². The molecule has 0 amide bonds. The molecule has 0 spiro atoms. The predicted molar refractivity (Wildman–Crippen MR) is 111 cm³/mol. The molecular formula is C23H17ClN2O2. The van der Waals surface area contributed by atoms with Crippen molar-refractivity contribution in [2.24, 2.45) is 0 Å². The van der Waals surface area contributed by atoms with E-state index >= 15 is 0 Å². The zero-order valence-corrected chi connectivity index (χ0v) is 15.7. The Morgan fingerprint density at radius 1 is 0.964 bits per heavy atom. The highest BCUT2D eigenvalue weighted by atomic mass is 35.5. The Kier molecular flexibility index (Phi) is 4.96. The first-order valence-corrected chi connectivity index (χ1v) is 9.19. The summed E-state index contributed by atoms with van der Waals surface area (Å²) in [5.41, 5.74) is 2.99. The number of rotatable bonds is 4. The SMILES string of the molecule is O=c1c(Cc2ccccc2)c(O)cc(-c2cccnc2)n1-c1ccc(Cl)cc1. The van der Waals surface area contributed by atoms with E-state index in [1.165, 1.54) is 0 Å². The van der Waals surface area contributed by atoms with E-state index in [0.29, 0.717) is 28.4 Å². The molecule has 138 valence electrons. The van der Waals surface area contributed by atoms with Crippen LogP contribution >= 0.6 is 11.6 Å². The van der Waals surface area contributed by atoms with Crippen LogP contribution < -0.4 is 5.56 Å². The fourth-order valence-electron chi connectivity index (χ4n) is 3.17.